The molecule has 1 rings (SSSR count). The second-order valence-corrected chi connectivity index (χ2v) is 10.9. The lowest BCUT2D eigenvalue weighted by molar-refractivity contribution is -0.127. The summed E-state index contributed by atoms with van der Waals surface area (Å²) < 4.78 is 12.2. The van der Waals surface area contributed by atoms with Crippen molar-refractivity contribution in [3.8, 4) is 0 Å². The van der Waals surface area contributed by atoms with Gasteiger partial charge in [-0.1, -0.05) is 41.6 Å². The zero-order valence-electron chi connectivity index (χ0n) is 20.5. The van der Waals surface area contributed by atoms with Crippen LogP contribution in [-0.4, -0.2) is 53.6 Å². The predicted molar refractivity (Wildman–Crippen MR) is 129 cm³/mol. The van der Waals surface area contributed by atoms with Crippen LogP contribution >= 0.6 is 15.9 Å². The first-order chi connectivity index (χ1) is 14.4. The van der Waals surface area contributed by atoms with Crippen molar-refractivity contribution >= 4 is 27.7 Å². The molecule has 0 spiro atoms. The summed E-state index contributed by atoms with van der Waals surface area (Å²) in [5.74, 6) is 0.329. The normalized spacial score (nSPS) is 18.2. The number of nitrogens with one attached hydrogen (secondary N) is 2. The zero-order chi connectivity index (χ0) is 23.5. The van der Waals surface area contributed by atoms with Gasteiger partial charge in [-0.2, -0.15) is 0 Å². The number of rotatable bonds is 13. The summed E-state index contributed by atoms with van der Waals surface area (Å²) >= 11 is 3.17. The number of alkyl halides is 1. The average molecular weight is 506 g/mol. The molecular formula is C24H45BrN2O4. The molecule has 182 valence electrons. The zero-order valence-corrected chi connectivity index (χ0v) is 22.1. The molecule has 2 N–H and O–H groups in total. The van der Waals surface area contributed by atoms with E-state index in [0.29, 0.717) is 18.5 Å². The van der Waals surface area contributed by atoms with Crippen LogP contribution in [-0.2, 0) is 19.1 Å². The second-order valence-electron chi connectivity index (χ2n) is 10.3. The molecule has 0 heterocycles. The Bertz CT molecular complexity index is 546. The molecule has 2 unspecified atom stereocenters. The van der Waals surface area contributed by atoms with Crippen molar-refractivity contribution in [2.45, 2.75) is 116 Å². The van der Waals surface area contributed by atoms with Gasteiger partial charge in [0.1, 0.15) is 0 Å². The van der Waals surface area contributed by atoms with Crippen molar-refractivity contribution < 1.29 is 19.1 Å². The predicted octanol–water partition coefficient (Wildman–Crippen LogP) is 4.73. The van der Waals surface area contributed by atoms with E-state index in [2.05, 4.69) is 40.4 Å². The van der Waals surface area contributed by atoms with Crippen LogP contribution in [0.2, 0.25) is 0 Å². The number of carbonyl (C=O) groups excluding carboxylic acids is 2. The molecule has 0 aliphatic heterocycles. The summed E-state index contributed by atoms with van der Waals surface area (Å²) in [5.41, 5.74) is -0.678. The highest BCUT2D eigenvalue weighted by molar-refractivity contribution is 9.09. The van der Waals surface area contributed by atoms with E-state index in [1.165, 1.54) is 12.8 Å². The summed E-state index contributed by atoms with van der Waals surface area (Å²) in [6, 6.07) is 0.0357. The smallest absolute Gasteiger partial charge is 0.230 e. The largest absolute Gasteiger partial charge is 0.375 e. The Morgan fingerprint density at radius 2 is 1.55 bits per heavy atom. The van der Waals surface area contributed by atoms with Crippen LogP contribution in [0, 0.1) is 5.92 Å². The second kappa shape index (κ2) is 13.8. The van der Waals surface area contributed by atoms with Crippen molar-refractivity contribution in [3.63, 3.8) is 0 Å². The molecule has 7 heteroatoms. The van der Waals surface area contributed by atoms with Gasteiger partial charge < -0.3 is 20.1 Å². The van der Waals surface area contributed by atoms with E-state index >= 15 is 0 Å². The first-order valence-corrected chi connectivity index (χ1v) is 13.0. The first kappa shape index (κ1) is 28.4. The minimum absolute atomic E-state index is 0.00807. The summed E-state index contributed by atoms with van der Waals surface area (Å²) in [6.45, 7) is 13.3. The van der Waals surface area contributed by atoms with Gasteiger partial charge >= 0.3 is 0 Å². The topological polar surface area (TPSA) is 76.7 Å². The van der Waals surface area contributed by atoms with Crippen LogP contribution in [0.4, 0.5) is 0 Å². The van der Waals surface area contributed by atoms with Gasteiger partial charge in [-0.05, 0) is 67.2 Å². The van der Waals surface area contributed by atoms with Crippen molar-refractivity contribution in [1.29, 1.82) is 0 Å². The van der Waals surface area contributed by atoms with Gasteiger partial charge in [0.05, 0.1) is 29.7 Å². The lowest BCUT2D eigenvalue weighted by atomic mass is 9.99. The third kappa shape index (κ3) is 12.8. The summed E-state index contributed by atoms with van der Waals surface area (Å²) in [6.07, 6.45) is 8.33. The van der Waals surface area contributed by atoms with Gasteiger partial charge in [-0.15, -0.1) is 0 Å². The molecule has 0 aromatic carbocycles. The number of hydrogen-bond donors (Lipinski definition) is 2. The van der Waals surface area contributed by atoms with Crippen LogP contribution < -0.4 is 10.6 Å². The molecule has 31 heavy (non-hydrogen) atoms. The number of amides is 2. The van der Waals surface area contributed by atoms with E-state index < -0.39 is 0 Å². The lowest BCUT2D eigenvalue weighted by Gasteiger charge is -2.32. The number of hydrogen-bond acceptors (Lipinski definition) is 4. The van der Waals surface area contributed by atoms with E-state index in [9.17, 15) is 9.59 Å². The highest BCUT2D eigenvalue weighted by Gasteiger charge is 2.26. The van der Waals surface area contributed by atoms with Gasteiger partial charge in [-0.25, -0.2) is 0 Å². The molecule has 0 aromatic rings. The molecule has 1 aliphatic carbocycles. The fourth-order valence-corrected chi connectivity index (χ4v) is 4.26. The van der Waals surface area contributed by atoms with E-state index in [4.69, 9.17) is 9.47 Å². The third-order valence-corrected chi connectivity index (χ3v) is 6.37. The first-order valence-electron chi connectivity index (χ1n) is 11.9. The maximum atomic E-state index is 12.5. The molecule has 0 bridgehead atoms. The third-order valence-electron chi connectivity index (χ3n) is 5.86. The van der Waals surface area contributed by atoms with Crippen LogP contribution in [0.3, 0.4) is 0 Å². The SMILES string of the molecule is CC(CC(C)(C)OCCC(C)(C)OCC(C)NC(=O)C1CCCCCC1)NC(=O)CBr. The summed E-state index contributed by atoms with van der Waals surface area (Å²) in [5, 5.41) is 6.39. The monoisotopic (exact) mass is 504 g/mol. The standard InChI is InChI=1S/C24H45BrN2O4/c1-18(26-21(28)16-25)15-24(5,6)30-14-13-23(3,4)31-17-19(2)27-22(29)20-11-9-7-8-10-12-20/h18-20H,7-17H2,1-6H3,(H,26,28)(H,27,29). The lowest BCUT2D eigenvalue weighted by Crippen LogP contribution is -2.42. The molecule has 0 aromatic heterocycles. The number of halogens is 1. The maximum absolute atomic E-state index is 12.5. The molecule has 2 atom stereocenters. The van der Waals surface area contributed by atoms with E-state index in [-0.39, 0.29) is 41.0 Å². The quantitative estimate of drug-likeness (QED) is 0.280. The molecular weight excluding hydrogens is 460 g/mol. The van der Waals surface area contributed by atoms with Gasteiger partial charge in [0.25, 0.3) is 0 Å². The minimum atomic E-state index is -0.340. The summed E-state index contributed by atoms with van der Waals surface area (Å²) in [7, 11) is 0. The van der Waals surface area contributed by atoms with Gasteiger partial charge in [0.2, 0.25) is 11.8 Å². The highest BCUT2D eigenvalue weighted by atomic mass is 79.9. The Labute approximate surface area is 198 Å². The van der Waals surface area contributed by atoms with Gasteiger partial charge in [0, 0.05) is 18.0 Å². The van der Waals surface area contributed by atoms with Crippen molar-refractivity contribution in [1.82, 2.24) is 10.6 Å². The number of carbonyl (C=O) groups is 2. The molecule has 0 radical (unpaired) electrons. The Hall–Kier alpha value is -0.660. The maximum Gasteiger partial charge on any atom is 0.230 e. The van der Waals surface area contributed by atoms with Crippen LogP contribution in [0.25, 0.3) is 0 Å². The minimum Gasteiger partial charge on any atom is -0.375 e. The fraction of sp³-hybridized carbons (Fsp3) is 0.917. The molecule has 1 aliphatic rings. The van der Waals surface area contributed by atoms with Crippen LogP contribution in [0.15, 0.2) is 0 Å². The summed E-state index contributed by atoms with van der Waals surface area (Å²) in [4.78, 5) is 24.0. The molecule has 0 saturated heterocycles. The highest BCUT2D eigenvalue weighted by Crippen LogP contribution is 2.24. The van der Waals surface area contributed by atoms with Crippen molar-refractivity contribution in [3.05, 3.63) is 0 Å². The molecule has 1 saturated carbocycles. The Morgan fingerprint density at radius 1 is 0.935 bits per heavy atom. The molecule has 2 amide bonds. The van der Waals surface area contributed by atoms with E-state index in [1.807, 2.05) is 27.7 Å². The Morgan fingerprint density at radius 3 is 2.13 bits per heavy atom. The van der Waals surface area contributed by atoms with E-state index in [0.717, 1.165) is 38.5 Å². The van der Waals surface area contributed by atoms with E-state index in [1.54, 1.807) is 0 Å². The van der Waals surface area contributed by atoms with Crippen LogP contribution in [0.5, 0.6) is 0 Å². The van der Waals surface area contributed by atoms with Crippen LogP contribution in [0.1, 0.15) is 92.9 Å². The van der Waals surface area contributed by atoms with Crippen molar-refractivity contribution in [2.75, 3.05) is 18.5 Å². The Kier molecular flexibility index (Phi) is 12.6. The fourth-order valence-electron chi connectivity index (χ4n) is 4.10. The van der Waals surface area contributed by atoms with Gasteiger partial charge in [0.15, 0.2) is 0 Å². The number of ether oxygens (including phenoxy) is 2. The molecule has 6 nitrogen and oxygen atoms in total. The Balaban J connectivity index is 2.31. The average Bonchev–Trinajstić information content (AvgIpc) is 2.95. The van der Waals surface area contributed by atoms with Crippen molar-refractivity contribution in [2.24, 2.45) is 5.92 Å². The molecule has 1 fully saturated rings. The van der Waals surface area contributed by atoms with Gasteiger partial charge in [-0.3, -0.25) is 9.59 Å².